The summed E-state index contributed by atoms with van der Waals surface area (Å²) in [6.45, 7) is 9.82. The van der Waals surface area contributed by atoms with Gasteiger partial charge in [0.2, 0.25) is 0 Å². The molecule has 1 atom stereocenters. The summed E-state index contributed by atoms with van der Waals surface area (Å²) in [6, 6.07) is 4.17. The molecule has 0 radical (unpaired) electrons. The Morgan fingerprint density at radius 2 is 2.00 bits per heavy atom. The van der Waals surface area contributed by atoms with Gasteiger partial charge in [-0.2, -0.15) is 0 Å². The number of aliphatic hydroxyl groups excluding tert-OH is 1. The van der Waals surface area contributed by atoms with Gasteiger partial charge in [-0.05, 0) is 37.5 Å². The van der Waals surface area contributed by atoms with E-state index in [0.29, 0.717) is 13.2 Å². The first kappa shape index (κ1) is 16.0. The topological polar surface area (TPSA) is 50.5 Å². The van der Waals surface area contributed by atoms with Crippen molar-refractivity contribution in [1.29, 1.82) is 0 Å². The number of nitrogens with zero attached hydrogens (tertiary/aromatic N) is 3. The van der Waals surface area contributed by atoms with Crippen molar-refractivity contribution in [3.63, 3.8) is 0 Å². The highest BCUT2D eigenvalue weighted by molar-refractivity contribution is 5.44. The highest BCUT2D eigenvalue weighted by Gasteiger charge is 2.19. The molecule has 0 saturated carbocycles. The van der Waals surface area contributed by atoms with Crippen molar-refractivity contribution in [2.24, 2.45) is 0 Å². The predicted molar refractivity (Wildman–Crippen MR) is 89.7 cm³/mol. The lowest BCUT2D eigenvalue weighted by Crippen LogP contribution is -2.40. The van der Waals surface area contributed by atoms with Crippen LogP contribution in [0.3, 0.4) is 0 Å². The molecule has 23 heavy (non-hydrogen) atoms. The normalized spacial score (nSPS) is 16.2. The summed E-state index contributed by atoms with van der Waals surface area (Å²) < 4.78 is 8.08. The third-order valence-electron chi connectivity index (χ3n) is 4.60. The summed E-state index contributed by atoms with van der Waals surface area (Å²) in [4.78, 5) is 6.42. The van der Waals surface area contributed by atoms with Crippen LogP contribution in [0.2, 0.25) is 0 Å². The van der Waals surface area contributed by atoms with Crippen LogP contribution in [0.5, 0.6) is 5.75 Å². The molecule has 1 aromatic carbocycles. The predicted octanol–water partition coefficient (Wildman–Crippen LogP) is 2.06. The molecule has 124 valence electrons. The van der Waals surface area contributed by atoms with Gasteiger partial charge in [0.1, 0.15) is 18.5 Å². The minimum absolute atomic E-state index is 0.320. The first-order valence-corrected chi connectivity index (χ1v) is 8.13. The lowest BCUT2D eigenvalue weighted by molar-refractivity contribution is 0.0586. The van der Waals surface area contributed by atoms with Crippen LogP contribution in [0.25, 0.3) is 0 Å². The third kappa shape index (κ3) is 3.57. The first-order chi connectivity index (χ1) is 11.0. The van der Waals surface area contributed by atoms with E-state index in [2.05, 4.69) is 40.4 Å². The number of hydrogen-bond donors (Lipinski definition) is 1. The second-order valence-corrected chi connectivity index (χ2v) is 6.43. The summed E-state index contributed by atoms with van der Waals surface area (Å²) in [5, 5.41) is 10.3. The molecule has 1 aromatic heterocycles. The molecule has 0 saturated heterocycles. The summed E-state index contributed by atoms with van der Waals surface area (Å²) in [5.41, 5.74) is 4.68. The molecule has 3 rings (SSSR count). The van der Waals surface area contributed by atoms with Crippen LogP contribution in [0, 0.1) is 20.8 Å². The molecule has 1 N–H and O–H groups in total. The van der Waals surface area contributed by atoms with E-state index in [4.69, 9.17) is 4.74 Å². The molecule has 5 nitrogen and oxygen atoms in total. The van der Waals surface area contributed by atoms with Gasteiger partial charge in [0, 0.05) is 32.4 Å². The van der Waals surface area contributed by atoms with Gasteiger partial charge in [-0.25, -0.2) is 4.98 Å². The standard InChI is InChI=1S/C18H25N3O2/c1-13-4-5-14(2)18(15(13)3)23-11-17(22)10-20-6-7-21-12-19-8-16(21)9-20/h4-5,8,12,17,22H,6-7,9-11H2,1-3H3. The number of ether oxygens (including phenoxy) is 1. The summed E-state index contributed by atoms with van der Waals surface area (Å²) in [6.07, 6.45) is 3.27. The van der Waals surface area contributed by atoms with Gasteiger partial charge in [0.25, 0.3) is 0 Å². The molecule has 1 unspecified atom stereocenters. The smallest absolute Gasteiger partial charge is 0.125 e. The quantitative estimate of drug-likeness (QED) is 0.918. The molecule has 0 amide bonds. The van der Waals surface area contributed by atoms with Crippen molar-refractivity contribution in [2.75, 3.05) is 19.7 Å². The van der Waals surface area contributed by atoms with Crippen molar-refractivity contribution in [3.8, 4) is 5.75 Å². The van der Waals surface area contributed by atoms with Gasteiger partial charge in [0.15, 0.2) is 0 Å². The van der Waals surface area contributed by atoms with Crippen LogP contribution in [-0.2, 0) is 13.1 Å². The van der Waals surface area contributed by atoms with Crippen LogP contribution >= 0.6 is 0 Å². The molecule has 0 fully saturated rings. The average molecular weight is 315 g/mol. The fourth-order valence-corrected chi connectivity index (χ4v) is 3.07. The SMILES string of the molecule is Cc1ccc(C)c(OCC(O)CN2CCn3cncc3C2)c1C. The van der Waals surface area contributed by atoms with Gasteiger partial charge in [-0.1, -0.05) is 12.1 Å². The Hall–Kier alpha value is -1.85. The van der Waals surface area contributed by atoms with Gasteiger partial charge in [-0.15, -0.1) is 0 Å². The second-order valence-electron chi connectivity index (χ2n) is 6.43. The second kappa shape index (κ2) is 6.72. The number of hydrogen-bond acceptors (Lipinski definition) is 4. The first-order valence-electron chi connectivity index (χ1n) is 8.13. The van der Waals surface area contributed by atoms with E-state index in [-0.39, 0.29) is 0 Å². The Labute approximate surface area is 137 Å². The van der Waals surface area contributed by atoms with Crippen LogP contribution in [0.4, 0.5) is 0 Å². The van der Waals surface area contributed by atoms with Gasteiger partial charge in [-0.3, -0.25) is 4.90 Å². The maximum atomic E-state index is 10.3. The fourth-order valence-electron chi connectivity index (χ4n) is 3.07. The van der Waals surface area contributed by atoms with Crippen molar-refractivity contribution in [3.05, 3.63) is 47.0 Å². The van der Waals surface area contributed by atoms with Crippen molar-refractivity contribution in [2.45, 2.75) is 40.0 Å². The zero-order chi connectivity index (χ0) is 16.4. The van der Waals surface area contributed by atoms with E-state index < -0.39 is 6.10 Å². The number of rotatable bonds is 5. The Bertz CT molecular complexity index is 681. The fraction of sp³-hybridized carbons (Fsp3) is 0.500. The Balaban J connectivity index is 1.55. The largest absolute Gasteiger partial charge is 0.490 e. The van der Waals surface area contributed by atoms with E-state index in [9.17, 15) is 5.11 Å². The lowest BCUT2D eigenvalue weighted by atomic mass is 10.1. The third-order valence-corrected chi connectivity index (χ3v) is 4.60. The molecule has 0 aliphatic carbocycles. The molecular weight excluding hydrogens is 290 g/mol. The number of aliphatic hydroxyl groups is 1. The van der Waals surface area contributed by atoms with Crippen LogP contribution < -0.4 is 4.74 Å². The molecule has 2 heterocycles. The zero-order valence-corrected chi connectivity index (χ0v) is 14.1. The number of benzene rings is 1. The molecule has 0 bridgehead atoms. The number of fused-ring (bicyclic) bond motifs is 1. The maximum absolute atomic E-state index is 10.3. The molecular formula is C18H25N3O2. The Morgan fingerprint density at radius 3 is 2.83 bits per heavy atom. The van der Waals surface area contributed by atoms with Gasteiger partial charge < -0.3 is 14.4 Å². The minimum atomic E-state index is -0.496. The van der Waals surface area contributed by atoms with Crippen molar-refractivity contribution < 1.29 is 9.84 Å². The van der Waals surface area contributed by atoms with E-state index in [1.165, 1.54) is 11.3 Å². The van der Waals surface area contributed by atoms with Gasteiger partial charge in [0.05, 0.1) is 12.0 Å². The van der Waals surface area contributed by atoms with E-state index in [1.54, 1.807) is 0 Å². The van der Waals surface area contributed by atoms with E-state index in [0.717, 1.165) is 36.5 Å². The highest BCUT2D eigenvalue weighted by atomic mass is 16.5. The molecule has 2 aromatic rings. The van der Waals surface area contributed by atoms with Crippen molar-refractivity contribution in [1.82, 2.24) is 14.5 Å². The monoisotopic (exact) mass is 315 g/mol. The molecule has 1 aliphatic heterocycles. The van der Waals surface area contributed by atoms with Crippen LogP contribution in [0.15, 0.2) is 24.7 Å². The zero-order valence-electron chi connectivity index (χ0n) is 14.1. The minimum Gasteiger partial charge on any atom is -0.490 e. The van der Waals surface area contributed by atoms with Crippen LogP contribution in [0.1, 0.15) is 22.4 Å². The number of aromatic nitrogens is 2. The lowest BCUT2D eigenvalue weighted by Gasteiger charge is -2.29. The molecule has 0 spiro atoms. The van der Waals surface area contributed by atoms with E-state index in [1.807, 2.05) is 19.4 Å². The number of aryl methyl sites for hydroxylation is 2. The van der Waals surface area contributed by atoms with Crippen LogP contribution in [-0.4, -0.2) is 45.4 Å². The highest BCUT2D eigenvalue weighted by Crippen LogP contribution is 2.25. The maximum Gasteiger partial charge on any atom is 0.125 e. The average Bonchev–Trinajstić information content (AvgIpc) is 2.99. The Morgan fingerprint density at radius 1 is 1.22 bits per heavy atom. The molecule has 1 aliphatic rings. The Kier molecular flexibility index (Phi) is 4.68. The summed E-state index contributed by atoms with van der Waals surface area (Å²) in [7, 11) is 0. The summed E-state index contributed by atoms with van der Waals surface area (Å²) in [5.74, 6) is 0.903. The van der Waals surface area contributed by atoms with E-state index >= 15 is 0 Å². The molecule has 5 heteroatoms. The number of imidazole rings is 1. The van der Waals surface area contributed by atoms with Crippen molar-refractivity contribution >= 4 is 0 Å². The van der Waals surface area contributed by atoms with Gasteiger partial charge >= 0.3 is 0 Å². The summed E-state index contributed by atoms with van der Waals surface area (Å²) >= 11 is 0. The number of β-amino-alcohol motifs (C(OH)–C–C–N with tert-alkyl or cyclic N) is 1.